The first-order chi connectivity index (χ1) is 16.5. The highest BCUT2D eigenvalue weighted by atomic mass is 32.1. The number of benzene rings is 1. The van der Waals surface area contributed by atoms with Crippen molar-refractivity contribution in [2.24, 2.45) is 11.8 Å². The van der Waals surface area contributed by atoms with E-state index in [2.05, 4.69) is 24.0 Å². The first-order valence-corrected chi connectivity index (χ1v) is 12.7. The van der Waals surface area contributed by atoms with E-state index in [0.717, 1.165) is 37.7 Å². The van der Waals surface area contributed by atoms with Gasteiger partial charge in [-0.1, -0.05) is 37.7 Å². The molecular formula is C25H29N3O5S. The molecular weight excluding hydrogens is 454 g/mol. The number of ether oxygens (including phenoxy) is 3. The minimum Gasteiger partial charge on any atom is -0.493 e. The predicted octanol–water partition coefficient (Wildman–Crippen LogP) is 4.47. The molecule has 0 N–H and O–H groups in total. The highest BCUT2D eigenvalue weighted by Crippen LogP contribution is 2.49. The van der Waals surface area contributed by atoms with Crippen LogP contribution in [0.15, 0.2) is 35.0 Å². The molecule has 1 aromatic heterocycles. The number of amides is 1. The van der Waals surface area contributed by atoms with Gasteiger partial charge in [-0.3, -0.25) is 14.5 Å². The Hall–Kier alpha value is -2.94. The third kappa shape index (κ3) is 3.96. The quantitative estimate of drug-likeness (QED) is 0.574. The molecule has 0 bridgehead atoms. The predicted molar refractivity (Wildman–Crippen MR) is 127 cm³/mol. The van der Waals surface area contributed by atoms with Crippen LogP contribution in [0.3, 0.4) is 0 Å². The number of anilines is 1. The standard InChI is InChI=1S/C25H29N3O5S/c1-14(2)10-11-32-18-9-8-15(12-19(18)31-3)21-20-22(29)16-6-4-5-7-17(16)33-23(20)24(30)28(21)25-27-26-13-34-25/h8-9,12-14,16-17,21H,4-7,10-11H2,1-3H3. The summed E-state index contributed by atoms with van der Waals surface area (Å²) in [6, 6.07) is 4.92. The van der Waals surface area contributed by atoms with Gasteiger partial charge in [0.05, 0.1) is 31.2 Å². The Bertz CT molecular complexity index is 1110. The van der Waals surface area contributed by atoms with E-state index in [-0.39, 0.29) is 29.5 Å². The van der Waals surface area contributed by atoms with Gasteiger partial charge in [0.15, 0.2) is 23.0 Å². The number of methoxy groups -OCH3 is 1. The molecule has 0 spiro atoms. The smallest absolute Gasteiger partial charge is 0.296 e. The van der Waals surface area contributed by atoms with E-state index in [9.17, 15) is 9.59 Å². The number of hydrogen-bond donors (Lipinski definition) is 0. The largest absolute Gasteiger partial charge is 0.493 e. The molecule has 34 heavy (non-hydrogen) atoms. The zero-order valence-electron chi connectivity index (χ0n) is 19.7. The van der Waals surface area contributed by atoms with E-state index in [1.165, 1.54) is 16.2 Å². The Morgan fingerprint density at radius 1 is 1.21 bits per heavy atom. The van der Waals surface area contributed by atoms with Crippen molar-refractivity contribution in [2.75, 3.05) is 18.6 Å². The topological polar surface area (TPSA) is 90.9 Å². The van der Waals surface area contributed by atoms with Crippen LogP contribution in [0.4, 0.5) is 5.13 Å². The summed E-state index contributed by atoms with van der Waals surface area (Å²) in [6.45, 7) is 4.87. The van der Waals surface area contributed by atoms with Crippen molar-refractivity contribution >= 4 is 28.2 Å². The lowest BCUT2D eigenvalue weighted by atomic mass is 9.77. The average Bonchev–Trinajstić information content (AvgIpc) is 3.46. The van der Waals surface area contributed by atoms with Crippen LogP contribution in [-0.4, -0.2) is 41.7 Å². The van der Waals surface area contributed by atoms with Gasteiger partial charge in [0.25, 0.3) is 5.91 Å². The summed E-state index contributed by atoms with van der Waals surface area (Å²) in [6.07, 6.45) is 4.27. The number of fused-ring (bicyclic) bond motifs is 1. The second kappa shape index (κ2) is 9.37. The number of ketones is 1. The molecule has 1 aromatic carbocycles. The fourth-order valence-corrected chi connectivity index (χ4v) is 5.59. The average molecular weight is 484 g/mol. The lowest BCUT2D eigenvalue weighted by Crippen LogP contribution is -2.39. The number of rotatable bonds is 7. The van der Waals surface area contributed by atoms with Gasteiger partial charge in [-0.2, -0.15) is 0 Å². The fourth-order valence-electron chi connectivity index (χ4n) is 5.01. The maximum Gasteiger partial charge on any atom is 0.296 e. The van der Waals surface area contributed by atoms with Gasteiger partial charge in [-0.15, -0.1) is 10.2 Å². The Labute approximate surface area is 202 Å². The molecule has 1 saturated carbocycles. The molecule has 2 aromatic rings. The van der Waals surface area contributed by atoms with E-state index < -0.39 is 6.04 Å². The van der Waals surface area contributed by atoms with Gasteiger partial charge < -0.3 is 14.2 Å². The SMILES string of the molecule is COc1cc(C2C3=C(OC4CCCCC4C3=O)C(=O)N2c2nncs2)ccc1OCCC(C)C. The third-order valence-corrected chi connectivity index (χ3v) is 7.46. The zero-order chi connectivity index (χ0) is 23.8. The summed E-state index contributed by atoms with van der Waals surface area (Å²) in [7, 11) is 1.59. The van der Waals surface area contributed by atoms with Crippen molar-refractivity contribution < 1.29 is 23.8 Å². The van der Waals surface area contributed by atoms with E-state index >= 15 is 0 Å². The van der Waals surface area contributed by atoms with Crippen LogP contribution in [-0.2, 0) is 14.3 Å². The number of hydrogen-bond acceptors (Lipinski definition) is 8. The van der Waals surface area contributed by atoms with Crippen LogP contribution in [0.25, 0.3) is 0 Å². The van der Waals surface area contributed by atoms with Crippen molar-refractivity contribution in [3.05, 3.63) is 40.6 Å². The monoisotopic (exact) mass is 483 g/mol. The van der Waals surface area contributed by atoms with Crippen LogP contribution in [0.2, 0.25) is 0 Å². The molecule has 0 radical (unpaired) electrons. The number of nitrogens with zero attached hydrogens (tertiary/aromatic N) is 3. The molecule has 1 fully saturated rings. The van der Waals surface area contributed by atoms with E-state index in [0.29, 0.717) is 34.7 Å². The number of aromatic nitrogens is 2. The minimum absolute atomic E-state index is 0.00698. The molecule has 3 aliphatic rings. The van der Waals surface area contributed by atoms with Gasteiger partial charge in [0.2, 0.25) is 5.13 Å². The van der Waals surface area contributed by atoms with Crippen LogP contribution >= 0.6 is 11.3 Å². The summed E-state index contributed by atoms with van der Waals surface area (Å²) in [5, 5.41) is 8.49. The summed E-state index contributed by atoms with van der Waals surface area (Å²) in [4.78, 5) is 28.8. The first kappa shape index (κ1) is 22.8. The Kier molecular flexibility index (Phi) is 6.29. The number of carbonyl (C=O) groups excluding carboxylic acids is 2. The van der Waals surface area contributed by atoms with Crippen molar-refractivity contribution in [3.8, 4) is 11.5 Å². The van der Waals surface area contributed by atoms with Crippen molar-refractivity contribution in [1.29, 1.82) is 0 Å². The Morgan fingerprint density at radius 2 is 2.03 bits per heavy atom. The molecule has 1 aliphatic carbocycles. The van der Waals surface area contributed by atoms with Crippen molar-refractivity contribution in [1.82, 2.24) is 10.2 Å². The van der Waals surface area contributed by atoms with Crippen LogP contribution in [0.1, 0.15) is 57.6 Å². The van der Waals surface area contributed by atoms with Gasteiger partial charge in [-0.05, 0) is 49.3 Å². The summed E-state index contributed by atoms with van der Waals surface area (Å²) in [5.41, 5.74) is 2.73. The molecule has 3 heterocycles. The second-order valence-corrected chi connectivity index (χ2v) is 10.2. The summed E-state index contributed by atoms with van der Waals surface area (Å²) >= 11 is 1.25. The molecule has 2 aliphatic heterocycles. The lowest BCUT2D eigenvalue weighted by Gasteiger charge is -2.35. The molecule has 8 nitrogen and oxygen atoms in total. The van der Waals surface area contributed by atoms with Gasteiger partial charge >= 0.3 is 0 Å². The fraction of sp³-hybridized carbons (Fsp3) is 0.520. The number of Topliss-reactive ketones (excluding diaryl/α,β-unsaturated/α-hetero) is 1. The lowest BCUT2D eigenvalue weighted by molar-refractivity contribution is -0.131. The highest BCUT2D eigenvalue weighted by molar-refractivity contribution is 7.13. The van der Waals surface area contributed by atoms with E-state index in [1.807, 2.05) is 18.2 Å². The van der Waals surface area contributed by atoms with Gasteiger partial charge in [0, 0.05) is 0 Å². The Morgan fingerprint density at radius 3 is 2.76 bits per heavy atom. The maximum atomic E-state index is 13.7. The maximum absolute atomic E-state index is 13.7. The third-order valence-electron chi connectivity index (χ3n) is 6.77. The normalized spacial score (nSPS) is 24.2. The van der Waals surface area contributed by atoms with Crippen molar-refractivity contribution in [3.63, 3.8) is 0 Å². The zero-order valence-corrected chi connectivity index (χ0v) is 20.5. The minimum atomic E-state index is -0.649. The second-order valence-electron chi connectivity index (χ2n) is 9.39. The first-order valence-electron chi connectivity index (χ1n) is 11.8. The Balaban J connectivity index is 1.55. The molecule has 3 atom stereocenters. The van der Waals surface area contributed by atoms with Crippen molar-refractivity contribution in [2.45, 2.75) is 58.1 Å². The number of carbonyl (C=O) groups is 2. The molecule has 1 amide bonds. The molecule has 180 valence electrons. The molecule has 5 rings (SSSR count). The molecule has 0 saturated heterocycles. The van der Waals surface area contributed by atoms with E-state index in [4.69, 9.17) is 14.2 Å². The van der Waals surface area contributed by atoms with Crippen LogP contribution < -0.4 is 14.4 Å². The molecule has 3 unspecified atom stereocenters. The summed E-state index contributed by atoms with van der Waals surface area (Å²) in [5.74, 6) is 1.33. The highest BCUT2D eigenvalue weighted by Gasteiger charge is 2.53. The van der Waals surface area contributed by atoms with Crippen LogP contribution in [0, 0.1) is 11.8 Å². The summed E-state index contributed by atoms with van der Waals surface area (Å²) < 4.78 is 17.8. The molecule has 9 heteroatoms. The van der Waals surface area contributed by atoms with Gasteiger partial charge in [-0.25, -0.2) is 0 Å². The van der Waals surface area contributed by atoms with Crippen LogP contribution in [0.5, 0.6) is 11.5 Å². The van der Waals surface area contributed by atoms with E-state index in [1.54, 1.807) is 12.6 Å². The van der Waals surface area contributed by atoms with Gasteiger partial charge in [0.1, 0.15) is 11.6 Å².